The van der Waals surface area contributed by atoms with E-state index in [1.54, 1.807) is 0 Å². The average molecular weight is 359 g/mol. The Morgan fingerprint density at radius 3 is 2.81 bits per heavy atom. The van der Waals surface area contributed by atoms with E-state index in [0.717, 1.165) is 43.8 Å². The van der Waals surface area contributed by atoms with Crippen LogP contribution in [0.1, 0.15) is 29.9 Å². The van der Waals surface area contributed by atoms with E-state index in [1.807, 2.05) is 43.3 Å². The van der Waals surface area contributed by atoms with Crippen LogP contribution in [0.5, 0.6) is 0 Å². The highest BCUT2D eigenvalue weighted by Crippen LogP contribution is 2.22. The predicted octanol–water partition coefficient (Wildman–Crippen LogP) is 1.98. The Labute approximate surface area is 155 Å². The average Bonchev–Trinajstić information content (AvgIpc) is 3.04. The first-order chi connectivity index (χ1) is 12.6. The van der Waals surface area contributed by atoms with Crippen molar-refractivity contribution in [3.05, 3.63) is 53.4 Å². The molecule has 1 fully saturated rings. The van der Waals surface area contributed by atoms with E-state index in [0.29, 0.717) is 6.54 Å². The molecule has 0 radical (unpaired) electrons. The lowest BCUT2D eigenvalue weighted by Crippen LogP contribution is -2.45. The molecule has 0 amide bonds. The van der Waals surface area contributed by atoms with Gasteiger partial charge in [-0.25, -0.2) is 0 Å². The normalized spacial score (nSPS) is 23.5. The number of benzene rings is 1. The van der Waals surface area contributed by atoms with Crippen LogP contribution in [0.3, 0.4) is 0 Å². The molecule has 3 rings (SSSR count). The lowest BCUT2D eigenvalue weighted by Gasteiger charge is -2.34. The zero-order valence-corrected chi connectivity index (χ0v) is 15.6. The quantitative estimate of drug-likeness (QED) is 0.751. The van der Waals surface area contributed by atoms with Gasteiger partial charge in [-0.05, 0) is 32.5 Å². The van der Waals surface area contributed by atoms with E-state index in [-0.39, 0.29) is 12.2 Å². The van der Waals surface area contributed by atoms with Gasteiger partial charge >= 0.3 is 0 Å². The second-order valence-electron chi connectivity index (χ2n) is 7.28. The fraction of sp³-hybridized carbons (Fsp3) is 0.550. The van der Waals surface area contributed by atoms with E-state index in [4.69, 9.17) is 9.26 Å². The Hall–Kier alpha value is -1.73. The Kier molecular flexibility index (Phi) is 6.80. The molecule has 1 aromatic heterocycles. The second-order valence-corrected chi connectivity index (χ2v) is 7.28. The summed E-state index contributed by atoms with van der Waals surface area (Å²) in [5, 5.41) is 17.8. The lowest BCUT2D eigenvalue weighted by atomic mass is 9.98. The van der Waals surface area contributed by atoms with E-state index in [1.165, 1.54) is 5.56 Å². The zero-order valence-electron chi connectivity index (χ0n) is 15.6. The van der Waals surface area contributed by atoms with Gasteiger partial charge in [0, 0.05) is 25.6 Å². The minimum Gasteiger partial charge on any atom is -0.390 e. The molecule has 0 spiro atoms. The van der Waals surface area contributed by atoms with Gasteiger partial charge in [0.15, 0.2) is 5.76 Å². The summed E-state index contributed by atoms with van der Waals surface area (Å²) in [6.07, 6.45) is 1.77. The number of nitrogens with one attached hydrogen (secondary N) is 1. The molecule has 0 saturated carbocycles. The van der Waals surface area contributed by atoms with Gasteiger partial charge in [0.1, 0.15) is 0 Å². The third-order valence-electron chi connectivity index (χ3n) is 4.61. The summed E-state index contributed by atoms with van der Waals surface area (Å²) in [5.74, 6) is 0.863. The number of nitrogens with zero attached hydrogens (tertiary/aromatic N) is 2. The Balaban J connectivity index is 1.47. The summed E-state index contributed by atoms with van der Waals surface area (Å²) in [6.45, 7) is 2.15. The molecule has 26 heavy (non-hydrogen) atoms. The van der Waals surface area contributed by atoms with Crippen molar-refractivity contribution in [2.45, 2.75) is 50.7 Å². The van der Waals surface area contributed by atoms with Crippen molar-refractivity contribution in [3.63, 3.8) is 0 Å². The molecular formula is C20H29N3O3. The van der Waals surface area contributed by atoms with Crippen molar-refractivity contribution in [2.75, 3.05) is 20.6 Å². The van der Waals surface area contributed by atoms with Crippen molar-refractivity contribution in [3.8, 4) is 0 Å². The first-order valence-electron chi connectivity index (χ1n) is 9.27. The molecule has 6 nitrogen and oxygen atoms in total. The minimum absolute atomic E-state index is 0.0687. The molecule has 3 atom stereocenters. The van der Waals surface area contributed by atoms with Gasteiger partial charge in [-0.15, -0.1) is 0 Å². The Morgan fingerprint density at radius 1 is 1.23 bits per heavy atom. The number of rotatable bonds is 8. The molecule has 1 aromatic carbocycles. The maximum Gasteiger partial charge on any atom is 0.150 e. The van der Waals surface area contributed by atoms with Crippen molar-refractivity contribution < 1.29 is 14.4 Å². The third kappa shape index (κ3) is 5.64. The highest BCUT2D eigenvalue weighted by Gasteiger charge is 2.30. The summed E-state index contributed by atoms with van der Waals surface area (Å²) in [6, 6.07) is 12.2. The number of hydrogen-bond donors (Lipinski definition) is 2. The molecule has 142 valence electrons. The van der Waals surface area contributed by atoms with E-state index in [2.05, 4.69) is 22.6 Å². The van der Waals surface area contributed by atoms with Crippen LogP contribution in [0.15, 0.2) is 40.9 Å². The lowest BCUT2D eigenvalue weighted by molar-refractivity contribution is -0.115. The van der Waals surface area contributed by atoms with Gasteiger partial charge in [0.2, 0.25) is 0 Å². The largest absolute Gasteiger partial charge is 0.390 e. The SMILES string of the molecule is CN(C)Cc1cc(C[C@@H]2CC[C@H](O)[C@@H](CNCc3ccccc3)O2)no1. The van der Waals surface area contributed by atoms with Crippen molar-refractivity contribution >= 4 is 0 Å². The van der Waals surface area contributed by atoms with Gasteiger partial charge < -0.3 is 24.6 Å². The highest BCUT2D eigenvalue weighted by molar-refractivity contribution is 5.14. The minimum atomic E-state index is -0.420. The molecule has 2 aromatic rings. The maximum atomic E-state index is 10.2. The van der Waals surface area contributed by atoms with Gasteiger partial charge in [0.05, 0.1) is 30.6 Å². The fourth-order valence-corrected chi connectivity index (χ4v) is 3.31. The number of aromatic nitrogens is 1. The molecule has 0 unspecified atom stereocenters. The Morgan fingerprint density at radius 2 is 2.04 bits per heavy atom. The van der Waals surface area contributed by atoms with Crippen LogP contribution in [0.2, 0.25) is 0 Å². The van der Waals surface area contributed by atoms with Crippen molar-refractivity contribution in [1.29, 1.82) is 0 Å². The highest BCUT2D eigenvalue weighted by atomic mass is 16.5. The van der Waals surface area contributed by atoms with Gasteiger partial charge in [-0.3, -0.25) is 0 Å². The third-order valence-corrected chi connectivity index (χ3v) is 4.61. The molecule has 1 aliphatic heterocycles. The number of ether oxygens (including phenoxy) is 1. The van der Waals surface area contributed by atoms with Crippen molar-refractivity contribution in [1.82, 2.24) is 15.4 Å². The van der Waals surface area contributed by atoms with Crippen LogP contribution < -0.4 is 5.32 Å². The smallest absolute Gasteiger partial charge is 0.150 e. The second kappa shape index (κ2) is 9.28. The molecule has 1 saturated heterocycles. The molecule has 6 heteroatoms. The Bertz CT molecular complexity index is 659. The number of aliphatic hydroxyl groups excluding tert-OH is 1. The maximum absolute atomic E-state index is 10.2. The van der Waals surface area contributed by atoms with Crippen LogP contribution in [-0.4, -0.2) is 54.1 Å². The molecular weight excluding hydrogens is 330 g/mol. The molecule has 2 N–H and O–H groups in total. The molecule has 1 aliphatic rings. The number of aliphatic hydroxyl groups is 1. The summed E-state index contributed by atoms with van der Waals surface area (Å²) in [7, 11) is 4.00. The summed E-state index contributed by atoms with van der Waals surface area (Å²) >= 11 is 0. The topological polar surface area (TPSA) is 70.8 Å². The standard InChI is InChI=1S/C20H29N3O3/c1-23(2)14-18-11-16(22-26-18)10-17-8-9-19(24)20(25-17)13-21-12-15-6-4-3-5-7-15/h3-7,11,17,19-21,24H,8-10,12-14H2,1-2H3/t17-,19-,20+/m0/s1. The summed E-state index contributed by atoms with van der Waals surface area (Å²) < 4.78 is 11.5. The monoisotopic (exact) mass is 359 g/mol. The summed E-state index contributed by atoms with van der Waals surface area (Å²) in [5.41, 5.74) is 2.14. The van der Waals surface area contributed by atoms with Crippen LogP contribution in [0, 0.1) is 0 Å². The van der Waals surface area contributed by atoms with E-state index < -0.39 is 6.10 Å². The first-order valence-corrected chi connectivity index (χ1v) is 9.27. The van der Waals surface area contributed by atoms with Gasteiger partial charge in [-0.1, -0.05) is 35.5 Å². The van der Waals surface area contributed by atoms with Crippen molar-refractivity contribution in [2.24, 2.45) is 0 Å². The van der Waals surface area contributed by atoms with E-state index >= 15 is 0 Å². The van der Waals surface area contributed by atoms with Crippen LogP contribution in [0.25, 0.3) is 0 Å². The molecule has 0 bridgehead atoms. The fourth-order valence-electron chi connectivity index (χ4n) is 3.31. The molecule has 0 aliphatic carbocycles. The van der Waals surface area contributed by atoms with Crippen LogP contribution in [-0.2, 0) is 24.2 Å². The summed E-state index contributed by atoms with van der Waals surface area (Å²) in [4.78, 5) is 2.05. The van der Waals surface area contributed by atoms with Crippen LogP contribution in [0.4, 0.5) is 0 Å². The molecule has 2 heterocycles. The van der Waals surface area contributed by atoms with Crippen LogP contribution >= 0.6 is 0 Å². The predicted molar refractivity (Wildman–Crippen MR) is 99.6 cm³/mol. The zero-order chi connectivity index (χ0) is 18.4. The first kappa shape index (κ1) is 19.0. The van der Waals surface area contributed by atoms with E-state index in [9.17, 15) is 5.11 Å². The van der Waals surface area contributed by atoms with Gasteiger partial charge in [-0.2, -0.15) is 0 Å². The van der Waals surface area contributed by atoms with Gasteiger partial charge in [0.25, 0.3) is 0 Å². The number of hydrogen-bond acceptors (Lipinski definition) is 6.